The molecule has 0 bridgehead atoms. The van der Waals surface area contributed by atoms with Gasteiger partial charge in [0, 0.05) is 68.9 Å². The van der Waals surface area contributed by atoms with Crippen LogP contribution in [0.15, 0.2) is 6.33 Å². The molecule has 41 heavy (non-hydrogen) atoms. The molecule has 2 amide bonds. The summed E-state index contributed by atoms with van der Waals surface area (Å²) in [6.07, 6.45) is 7.73. The number of amides is 2. The zero-order valence-corrected chi connectivity index (χ0v) is 25.2. The van der Waals surface area contributed by atoms with Crippen LogP contribution in [0.4, 0.5) is 9.18 Å². The summed E-state index contributed by atoms with van der Waals surface area (Å²) in [7, 11) is 0. The molecular weight excluding hydrogens is 525 g/mol. The predicted molar refractivity (Wildman–Crippen MR) is 151 cm³/mol. The molecule has 1 aromatic heterocycles. The van der Waals surface area contributed by atoms with Gasteiger partial charge in [-0.15, -0.1) is 0 Å². The molecule has 0 N–H and O–H groups in total. The average molecular weight is 572 g/mol. The lowest BCUT2D eigenvalue weighted by Crippen LogP contribution is -2.64. The molecule has 9 nitrogen and oxygen atoms in total. The maximum atomic E-state index is 15.5. The molecule has 4 aliphatic heterocycles. The number of rotatable bonds is 7. The number of unbranched alkanes of at least 4 members (excludes halogenated alkanes) is 1. The van der Waals surface area contributed by atoms with Gasteiger partial charge in [-0.1, -0.05) is 19.8 Å². The van der Waals surface area contributed by atoms with E-state index < -0.39 is 11.3 Å². The number of piperidine rings is 2. The Morgan fingerprint density at radius 1 is 1.05 bits per heavy atom. The minimum atomic E-state index is -1.31. The predicted octanol–water partition coefficient (Wildman–Crippen LogP) is 4.17. The molecule has 4 atom stereocenters. The number of aromatic nitrogens is 2. The quantitative estimate of drug-likeness (QED) is 0.486. The maximum Gasteiger partial charge on any atom is 0.410 e. The van der Waals surface area contributed by atoms with Crippen molar-refractivity contribution in [3.8, 4) is 0 Å². The zero-order valence-electron chi connectivity index (χ0n) is 25.2. The molecule has 10 heteroatoms. The van der Waals surface area contributed by atoms with Crippen molar-refractivity contribution in [2.45, 2.75) is 89.4 Å². The van der Waals surface area contributed by atoms with Crippen molar-refractivity contribution < 1.29 is 23.5 Å². The number of aryl methyl sites for hydroxylation is 2. The number of halogens is 1. The van der Waals surface area contributed by atoms with E-state index in [-0.39, 0.29) is 41.8 Å². The Balaban J connectivity index is 1.08. The number of likely N-dealkylation sites (tertiary alicyclic amines) is 2. The summed E-state index contributed by atoms with van der Waals surface area (Å²) in [5, 5.41) is 0. The van der Waals surface area contributed by atoms with E-state index in [9.17, 15) is 9.59 Å². The number of hydrogen-bond acceptors (Lipinski definition) is 7. The highest BCUT2D eigenvalue weighted by molar-refractivity contribution is 5.96. The Morgan fingerprint density at radius 3 is 2.29 bits per heavy atom. The van der Waals surface area contributed by atoms with Gasteiger partial charge < -0.3 is 19.3 Å². The van der Waals surface area contributed by atoms with E-state index in [0.29, 0.717) is 38.4 Å². The number of carbonyl (C=O) groups excluding carboxylic acids is 2. The Morgan fingerprint density at radius 2 is 1.68 bits per heavy atom. The summed E-state index contributed by atoms with van der Waals surface area (Å²) in [6.45, 7) is 13.0. The van der Waals surface area contributed by atoms with Crippen LogP contribution < -0.4 is 0 Å². The van der Waals surface area contributed by atoms with E-state index in [4.69, 9.17) is 9.47 Å². The largest absolute Gasteiger partial charge is 0.442 e. The lowest BCUT2D eigenvalue weighted by Gasteiger charge is -2.55. The summed E-state index contributed by atoms with van der Waals surface area (Å²) >= 11 is 0. The van der Waals surface area contributed by atoms with E-state index in [1.54, 1.807) is 4.90 Å². The SMILES string of the molecule is CCCCC1CN(CC2(F)C3COC[C@H]32)C(=O)OC12CCN(C1(C)CCN(C(=O)c3c(C)ncnc3C)CC1)CC2. The van der Waals surface area contributed by atoms with Crippen LogP contribution in [0.1, 0.15) is 80.5 Å². The molecule has 5 aliphatic rings. The summed E-state index contributed by atoms with van der Waals surface area (Å²) in [4.78, 5) is 41.2. The van der Waals surface area contributed by atoms with Crippen LogP contribution in [-0.4, -0.2) is 106 Å². The second-order valence-corrected chi connectivity index (χ2v) is 13.5. The van der Waals surface area contributed by atoms with Gasteiger partial charge in [-0.3, -0.25) is 9.69 Å². The Kier molecular flexibility index (Phi) is 7.54. The number of hydrogen-bond donors (Lipinski definition) is 0. The Bertz CT molecular complexity index is 1130. The first-order valence-electron chi connectivity index (χ1n) is 15.7. The van der Waals surface area contributed by atoms with E-state index >= 15 is 4.39 Å². The molecule has 6 rings (SSSR count). The van der Waals surface area contributed by atoms with Crippen molar-refractivity contribution in [1.29, 1.82) is 0 Å². The highest BCUT2D eigenvalue weighted by Gasteiger charge is 2.70. The Hall–Kier alpha value is -2.33. The first kappa shape index (κ1) is 28.8. The third-order valence-electron chi connectivity index (χ3n) is 11.2. The van der Waals surface area contributed by atoms with Crippen molar-refractivity contribution in [2.24, 2.45) is 17.8 Å². The average Bonchev–Trinajstić information content (AvgIpc) is 3.26. The number of ether oxygens (including phenoxy) is 2. The molecular formula is C31H46FN5O4. The fraction of sp³-hybridized carbons (Fsp3) is 0.806. The van der Waals surface area contributed by atoms with Gasteiger partial charge in [-0.2, -0.15) is 0 Å². The second kappa shape index (κ2) is 10.7. The number of fused-ring (bicyclic) bond motifs is 1. The topological polar surface area (TPSA) is 88.1 Å². The molecule has 1 spiro atoms. The lowest BCUT2D eigenvalue weighted by molar-refractivity contribution is -0.136. The number of alkyl halides is 1. The van der Waals surface area contributed by atoms with E-state index in [2.05, 4.69) is 28.7 Å². The molecule has 1 saturated carbocycles. The van der Waals surface area contributed by atoms with Crippen LogP contribution >= 0.6 is 0 Å². The van der Waals surface area contributed by atoms with E-state index in [1.807, 2.05) is 18.7 Å². The minimum absolute atomic E-state index is 0.00820. The second-order valence-electron chi connectivity index (χ2n) is 13.5. The Labute approximate surface area is 243 Å². The molecule has 0 aromatic carbocycles. The van der Waals surface area contributed by atoms with Gasteiger partial charge in [0.1, 0.15) is 17.6 Å². The van der Waals surface area contributed by atoms with Crippen molar-refractivity contribution >= 4 is 12.0 Å². The number of carbonyl (C=O) groups is 2. The minimum Gasteiger partial charge on any atom is -0.442 e. The van der Waals surface area contributed by atoms with E-state index in [1.165, 1.54) is 6.33 Å². The lowest BCUT2D eigenvalue weighted by atomic mass is 9.74. The van der Waals surface area contributed by atoms with Crippen LogP contribution in [-0.2, 0) is 9.47 Å². The molecule has 226 valence electrons. The molecule has 4 saturated heterocycles. The smallest absolute Gasteiger partial charge is 0.410 e. The van der Waals surface area contributed by atoms with Crippen LogP contribution in [0.2, 0.25) is 0 Å². The highest BCUT2D eigenvalue weighted by atomic mass is 19.1. The summed E-state index contributed by atoms with van der Waals surface area (Å²) in [6, 6.07) is 0. The summed E-state index contributed by atoms with van der Waals surface area (Å²) in [5.74, 6) is 0.0998. The number of nitrogens with zero attached hydrogens (tertiary/aromatic N) is 5. The van der Waals surface area contributed by atoms with Gasteiger partial charge >= 0.3 is 6.09 Å². The van der Waals surface area contributed by atoms with Crippen LogP contribution in [0, 0.1) is 31.6 Å². The van der Waals surface area contributed by atoms with E-state index in [0.717, 1.165) is 69.4 Å². The van der Waals surface area contributed by atoms with Gasteiger partial charge in [0.2, 0.25) is 0 Å². The standard InChI is InChI=1S/C31H46FN5O4/c1-5-6-7-23-16-36(19-31(32)24-17-40-18-25(24)31)28(39)41-30(23)10-14-37(15-11-30)29(4)8-12-35(13-9-29)27(38)26-21(2)33-20-34-22(26)3/h20,23-25H,5-19H2,1-4H3/t23?,24-,25?,31?/m1/s1. The molecule has 1 aliphatic carbocycles. The first-order valence-corrected chi connectivity index (χ1v) is 15.7. The van der Waals surface area contributed by atoms with Crippen molar-refractivity contribution in [2.75, 3.05) is 52.5 Å². The normalized spacial score (nSPS) is 32.6. The fourth-order valence-corrected chi connectivity index (χ4v) is 8.19. The summed E-state index contributed by atoms with van der Waals surface area (Å²) < 4.78 is 27.2. The summed E-state index contributed by atoms with van der Waals surface area (Å²) in [5.41, 5.74) is 0.291. The van der Waals surface area contributed by atoms with Gasteiger partial charge in [-0.25, -0.2) is 19.2 Å². The third kappa shape index (κ3) is 5.02. The van der Waals surface area contributed by atoms with Crippen molar-refractivity contribution in [1.82, 2.24) is 24.7 Å². The van der Waals surface area contributed by atoms with Gasteiger partial charge in [0.15, 0.2) is 0 Å². The molecule has 0 radical (unpaired) electrons. The first-order chi connectivity index (χ1) is 19.6. The molecule has 5 heterocycles. The third-order valence-corrected chi connectivity index (χ3v) is 11.2. The van der Waals surface area contributed by atoms with Crippen molar-refractivity contribution in [3.63, 3.8) is 0 Å². The van der Waals surface area contributed by atoms with Gasteiger partial charge in [0.05, 0.1) is 36.7 Å². The highest BCUT2D eigenvalue weighted by Crippen LogP contribution is 2.58. The molecule has 3 unspecified atom stereocenters. The zero-order chi connectivity index (χ0) is 29.0. The monoisotopic (exact) mass is 571 g/mol. The maximum absolute atomic E-state index is 15.5. The van der Waals surface area contributed by atoms with Crippen LogP contribution in [0.25, 0.3) is 0 Å². The fourth-order valence-electron chi connectivity index (χ4n) is 8.19. The van der Waals surface area contributed by atoms with Gasteiger partial charge in [-0.05, 0) is 40.0 Å². The molecule has 1 aromatic rings. The van der Waals surface area contributed by atoms with Gasteiger partial charge in [0.25, 0.3) is 5.91 Å². The van der Waals surface area contributed by atoms with Crippen LogP contribution in [0.3, 0.4) is 0 Å². The van der Waals surface area contributed by atoms with Crippen molar-refractivity contribution in [3.05, 3.63) is 23.3 Å². The van der Waals surface area contributed by atoms with Crippen LogP contribution in [0.5, 0.6) is 0 Å². The molecule has 5 fully saturated rings.